The molecule has 0 unspecified atom stereocenters. The number of anilines is 1. The topological polar surface area (TPSA) is 31.8 Å². The predicted octanol–water partition coefficient (Wildman–Crippen LogP) is 2.58. The zero-order valence-electron chi connectivity index (χ0n) is 11.2. The number of benzene rings is 1. The van der Waals surface area contributed by atoms with Crippen molar-refractivity contribution in [1.82, 2.24) is 0 Å². The van der Waals surface area contributed by atoms with Gasteiger partial charge in [0, 0.05) is 11.1 Å². The maximum absolute atomic E-state index is 5.53. The minimum absolute atomic E-state index is 0.746. The molecule has 4 radical (unpaired) electrons. The average molecular weight is 267 g/mol. The lowest BCUT2D eigenvalue weighted by molar-refractivity contribution is -0.654. The van der Waals surface area contributed by atoms with E-state index in [-0.39, 0.29) is 0 Å². The zero-order chi connectivity index (χ0) is 14.0. The van der Waals surface area contributed by atoms with Crippen LogP contribution >= 0.6 is 11.3 Å². The molecule has 1 aromatic carbocycles. The van der Waals surface area contributed by atoms with Crippen molar-refractivity contribution in [1.29, 1.82) is 0 Å². The van der Waals surface area contributed by atoms with Crippen molar-refractivity contribution in [2.75, 3.05) is 4.72 Å². The van der Waals surface area contributed by atoms with Gasteiger partial charge in [0.15, 0.2) is 0 Å². The summed E-state index contributed by atoms with van der Waals surface area (Å²) in [6.45, 7) is 3.92. The Morgan fingerprint density at radius 1 is 1.16 bits per heavy atom. The Kier molecular flexibility index (Phi) is 4.04. The molecule has 0 spiro atoms. The molecule has 0 bridgehead atoms. The molecule has 92 valence electrons. The largest absolute Gasteiger partial charge is 0.479 e. The second kappa shape index (κ2) is 5.57. The Balaban J connectivity index is 2.36. The first-order valence-corrected chi connectivity index (χ1v) is 6.62. The van der Waals surface area contributed by atoms with Crippen LogP contribution in [-0.4, -0.2) is 16.0 Å². The van der Waals surface area contributed by atoms with Crippen molar-refractivity contribution in [3.63, 3.8) is 0 Å². The van der Waals surface area contributed by atoms with Gasteiger partial charge in [0.25, 0.3) is 0 Å². The standard InChI is InChI=1S/C12H13B2N4S/c1-8-6-10(18(13)14)7-9(2)11(8)15-16-12-17(3)4-5-19-12/h4-7H,1-3H3/q+1. The summed E-state index contributed by atoms with van der Waals surface area (Å²) in [4.78, 5) is 0. The van der Waals surface area contributed by atoms with Crippen LogP contribution in [0.5, 0.6) is 0 Å². The van der Waals surface area contributed by atoms with E-state index in [4.69, 9.17) is 16.0 Å². The number of thiazole rings is 1. The van der Waals surface area contributed by atoms with Crippen LogP contribution in [0.25, 0.3) is 0 Å². The van der Waals surface area contributed by atoms with Crippen LogP contribution in [0.3, 0.4) is 0 Å². The number of hydrogen-bond acceptors (Lipinski definition) is 4. The van der Waals surface area contributed by atoms with Gasteiger partial charge in [-0.1, -0.05) is 0 Å². The first kappa shape index (κ1) is 13.8. The molecule has 7 heteroatoms. The molecule has 19 heavy (non-hydrogen) atoms. The molecule has 0 saturated carbocycles. The molecule has 4 nitrogen and oxygen atoms in total. The highest BCUT2D eigenvalue weighted by atomic mass is 32.1. The maximum Gasteiger partial charge on any atom is 0.408 e. The maximum atomic E-state index is 5.53. The summed E-state index contributed by atoms with van der Waals surface area (Å²) in [5.74, 6) is 0. The molecule has 1 aromatic heterocycles. The Bertz CT molecular complexity index is 599. The van der Waals surface area contributed by atoms with E-state index in [0.29, 0.717) is 0 Å². The Hall–Kier alpha value is -1.62. The van der Waals surface area contributed by atoms with Crippen molar-refractivity contribution in [3.8, 4) is 0 Å². The Morgan fingerprint density at radius 3 is 2.26 bits per heavy atom. The van der Waals surface area contributed by atoms with Gasteiger partial charge in [-0.2, -0.15) is 0 Å². The Labute approximate surface area is 119 Å². The summed E-state index contributed by atoms with van der Waals surface area (Å²) < 4.78 is 3.02. The average Bonchev–Trinajstić information content (AvgIpc) is 2.73. The normalized spacial score (nSPS) is 11.1. The van der Waals surface area contributed by atoms with Crippen LogP contribution < -0.4 is 9.29 Å². The van der Waals surface area contributed by atoms with Crippen molar-refractivity contribution >= 4 is 43.8 Å². The van der Waals surface area contributed by atoms with Crippen LogP contribution in [-0.2, 0) is 7.05 Å². The molecule has 0 fully saturated rings. The first-order valence-electron chi connectivity index (χ1n) is 5.74. The van der Waals surface area contributed by atoms with E-state index < -0.39 is 0 Å². The third-order valence-electron chi connectivity index (χ3n) is 2.77. The number of hydrogen-bond donors (Lipinski definition) is 0. The molecule has 0 atom stereocenters. The van der Waals surface area contributed by atoms with Gasteiger partial charge in [-0.05, 0) is 53.6 Å². The van der Waals surface area contributed by atoms with E-state index in [1.807, 2.05) is 49.2 Å². The van der Waals surface area contributed by atoms with E-state index in [2.05, 4.69) is 10.2 Å². The summed E-state index contributed by atoms with van der Waals surface area (Å²) in [7, 11) is 13.0. The molecule has 0 amide bonds. The second-order valence-electron chi connectivity index (χ2n) is 4.33. The SMILES string of the molecule is [B]N([B])c1cc(C)c(N=Nc2scc[n+]2C)c(C)c1. The highest BCUT2D eigenvalue weighted by Gasteiger charge is 2.10. The molecule has 0 aliphatic heterocycles. The van der Waals surface area contributed by atoms with Crippen molar-refractivity contribution in [2.24, 2.45) is 17.3 Å². The molecule has 0 saturated heterocycles. The van der Waals surface area contributed by atoms with Crippen molar-refractivity contribution < 1.29 is 4.57 Å². The smallest absolute Gasteiger partial charge is 0.408 e. The Morgan fingerprint density at radius 2 is 1.79 bits per heavy atom. The molecule has 0 N–H and O–H groups in total. The molecule has 0 aliphatic rings. The first-order chi connectivity index (χ1) is 8.99. The molecular weight excluding hydrogens is 254 g/mol. The van der Waals surface area contributed by atoms with Gasteiger partial charge >= 0.3 is 5.13 Å². The van der Waals surface area contributed by atoms with Crippen LogP contribution in [0.4, 0.5) is 16.5 Å². The number of nitrogens with zero attached hydrogens (tertiary/aromatic N) is 4. The van der Waals surface area contributed by atoms with Gasteiger partial charge < -0.3 is 4.72 Å². The second-order valence-corrected chi connectivity index (χ2v) is 5.20. The lowest BCUT2D eigenvalue weighted by Crippen LogP contribution is -2.23. The molecule has 0 aliphatic carbocycles. The lowest BCUT2D eigenvalue weighted by Gasteiger charge is -2.16. The summed E-state index contributed by atoms with van der Waals surface area (Å²) >= 11 is 1.54. The zero-order valence-corrected chi connectivity index (χ0v) is 12.0. The highest BCUT2D eigenvalue weighted by Crippen LogP contribution is 2.30. The lowest BCUT2D eigenvalue weighted by atomic mass is 10.0. The highest BCUT2D eigenvalue weighted by molar-refractivity contribution is 7.12. The summed E-state index contributed by atoms with van der Waals surface area (Å²) in [6, 6.07) is 3.77. The van der Waals surface area contributed by atoms with Crippen LogP contribution in [0, 0.1) is 13.8 Å². The van der Waals surface area contributed by atoms with Gasteiger partial charge in [-0.3, -0.25) is 0 Å². The third-order valence-corrected chi connectivity index (χ3v) is 3.61. The van der Waals surface area contributed by atoms with Gasteiger partial charge in [-0.25, -0.2) is 4.57 Å². The molecule has 1 heterocycles. The van der Waals surface area contributed by atoms with Gasteiger partial charge in [-0.15, -0.1) is 0 Å². The van der Waals surface area contributed by atoms with Crippen molar-refractivity contribution in [2.45, 2.75) is 13.8 Å². The minimum Gasteiger partial charge on any atom is -0.479 e. The number of aromatic nitrogens is 1. The summed E-state index contributed by atoms with van der Waals surface area (Å²) in [6.07, 6.45) is 1.95. The van der Waals surface area contributed by atoms with Gasteiger partial charge in [0.2, 0.25) is 16.0 Å². The minimum atomic E-state index is 0.746. The van der Waals surface area contributed by atoms with Crippen molar-refractivity contribution in [3.05, 3.63) is 34.8 Å². The van der Waals surface area contributed by atoms with Gasteiger partial charge in [0.1, 0.15) is 11.9 Å². The summed E-state index contributed by atoms with van der Waals surface area (Å²) in [5, 5.41) is 11.4. The van der Waals surface area contributed by atoms with E-state index in [1.165, 1.54) is 0 Å². The molecule has 2 aromatic rings. The third kappa shape index (κ3) is 3.04. The summed E-state index contributed by atoms with van der Waals surface area (Å²) in [5.41, 5.74) is 3.56. The van der Waals surface area contributed by atoms with E-state index in [1.54, 1.807) is 11.3 Å². The van der Waals surface area contributed by atoms with Crippen LogP contribution in [0.1, 0.15) is 11.1 Å². The number of rotatable bonds is 3. The molecule has 2 rings (SSSR count). The van der Waals surface area contributed by atoms with E-state index >= 15 is 0 Å². The van der Waals surface area contributed by atoms with Crippen LogP contribution in [0.2, 0.25) is 0 Å². The fourth-order valence-corrected chi connectivity index (χ4v) is 2.44. The quantitative estimate of drug-likeness (QED) is 0.477. The van der Waals surface area contributed by atoms with E-state index in [9.17, 15) is 0 Å². The number of aryl methyl sites for hydroxylation is 3. The fraction of sp³-hybridized carbons (Fsp3) is 0.250. The van der Waals surface area contributed by atoms with Crippen LogP contribution in [0.15, 0.2) is 33.9 Å². The monoisotopic (exact) mass is 267 g/mol. The number of azo groups is 1. The fourth-order valence-electron chi connectivity index (χ4n) is 1.76. The van der Waals surface area contributed by atoms with Gasteiger partial charge in [0.05, 0.1) is 12.2 Å². The molecular formula is C12H13B2N4S+. The van der Waals surface area contributed by atoms with E-state index in [0.717, 1.165) is 32.4 Å². The predicted molar refractivity (Wildman–Crippen MR) is 79.6 cm³/mol.